The molecule has 0 heterocycles. The minimum absolute atomic E-state index is 0.108. The number of ketones is 1. The number of aliphatic hydroxyl groups is 1. The number of Topliss-reactive ketones (excluding diaryl/α,β-unsaturated/α-hetero) is 1. The topological polar surface area (TPSA) is 108 Å². The Hall–Kier alpha value is -4.82. The number of hydrogen-bond acceptors (Lipinski definition) is 6. The van der Waals surface area contributed by atoms with Crippen LogP contribution in [0.15, 0.2) is 91.0 Å². The largest absolute Gasteiger partial charge is 0.506 e. The molecule has 0 spiro atoms. The van der Waals surface area contributed by atoms with E-state index in [1.54, 1.807) is 13.0 Å². The zero-order valence-corrected chi connectivity index (χ0v) is 29.5. The second-order valence-electron chi connectivity index (χ2n) is 11.1. The van der Waals surface area contributed by atoms with Crippen LogP contribution in [-0.4, -0.2) is 43.7 Å². The first-order chi connectivity index (χ1) is 23.6. The first-order valence-corrected chi connectivity index (χ1v) is 16.6. The molecular formula is C39H36Cl3N3O4. The first-order valence-electron chi connectivity index (χ1n) is 15.5. The Morgan fingerprint density at radius 2 is 1.49 bits per heavy atom. The highest BCUT2D eigenvalue weighted by Gasteiger charge is 2.37. The van der Waals surface area contributed by atoms with Crippen LogP contribution in [0.2, 0.25) is 15.1 Å². The van der Waals surface area contributed by atoms with E-state index in [1.807, 2.05) is 98.9 Å². The molecule has 1 aliphatic carbocycles. The van der Waals surface area contributed by atoms with Crippen molar-refractivity contribution in [2.75, 3.05) is 30.8 Å². The van der Waals surface area contributed by atoms with E-state index in [0.717, 1.165) is 59.9 Å². The molecule has 0 fully saturated rings. The second kappa shape index (κ2) is 17.5. The van der Waals surface area contributed by atoms with Crippen molar-refractivity contribution >= 4 is 86.8 Å². The van der Waals surface area contributed by atoms with Crippen LogP contribution < -0.4 is 16.0 Å². The number of aryl methyl sites for hydroxylation is 1. The summed E-state index contributed by atoms with van der Waals surface area (Å²) < 4.78 is 0. The Balaban J connectivity index is 0.000000203. The van der Waals surface area contributed by atoms with Crippen LogP contribution in [0.3, 0.4) is 0 Å². The highest BCUT2D eigenvalue weighted by Crippen LogP contribution is 2.48. The maximum absolute atomic E-state index is 13.1. The molecule has 0 atom stereocenters. The van der Waals surface area contributed by atoms with Gasteiger partial charge in [0.2, 0.25) is 6.41 Å². The van der Waals surface area contributed by atoms with Crippen LogP contribution in [0.25, 0.3) is 22.1 Å². The Kier molecular flexibility index (Phi) is 13.2. The van der Waals surface area contributed by atoms with Crippen molar-refractivity contribution < 1.29 is 19.5 Å². The number of carbonyl (C=O) groups excluding carboxylic acids is 3. The van der Waals surface area contributed by atoms with E-state index in [1.165, 1.54) is 5.56 Å². The molecule has 252 valence electrons. The zero-order valence-electron chi connectivity index (χ0n) is 27.2. The van der Waals surface area contributed by atoms with Gasteiger partial charge >= 0.3 is 0 Å². The minimum Gasteiger partial charge on any atom is -0.506 e. The van der Waals surface area contributed by atoms with Crippen LogP contribution >= 0.6 is 34.8 Å². The molecule has 10 heteroatoms. The maximum atomic E-state index is 13.1. The van der Waals surface area contributed by atoms with Crippen LogP contribution in [-0.2, 0) is 4.79 Å². The molecule has 0 aliphatic heterocycles. The van der Waals surface area contributed by atoms with Gasteiger partial charge in [-0.2, -0.15) is 0 Å². The Morgan fingerprint density at radius 3 is 2.14 bits per heavy atom. The molecule has 0 radical (unpaired) electrons. The summed E-state index contributed by atoms with van der Waals surface area (Å²) in [6, 6.07) is 28.9. The van der Waals surface area contributed by atoms with E-state index in [2.05, 4.69) is 16.0 Å². The number of nitrogens with one attached hydrogen (secondary N) is 3. The summed E-state index contributed by atoms with van der Waals surface area (Å²) in [6.07, 6.45) is 2.51. The fraction of sp³-hybridized carbons (Fsp3) is 0.154. The number of hydrogen-bond donors (Lipinski definition) is 4. The number of carbonyl (C=O) groups is 3. The van der Waals surface area contributed by atoms with Crippen molar-refractivity contribution in [1.29, 1.82) is 0 Å². The summed E-state index contributed by atoms with van der Waals surface area (Å²) >= 11 is 18.9. The van der Waals surface area contributed by atoms with Crippen LogP contribution in [0.4, 0.5) is 11.4 Å². The lowest BCUT2D eigenvalue weighted by Gasteiger charge is -2.10. The third kappa shape index (κ3) is 8.81. The van der Waals surface area contributed by atoms with Gasteiger partial charge in [0.25, 0.3) is 0 Å². The number of amides is 1. The van der Waals surface area contributed by atoms with E-state index in [9.17, 15) is 19.5 Å². The molecule has 1 amide bonds. The van der Waals surface area contributed by atoms with Gasteiger partial charge in [0, 0.05) is 48.0 Å². The Labute approximate surface area is 300 Å². The van der Waals surface area contributed by atoms with E-state index < -0.39 is 5.78 Å². The van der Waals surface area contributed by atoms with Crippen LogP contribution in [0.1, 0.15) is 49.4 Å². The van der Waals surface area contributed by atoms with Crippen molar-refractivity contribution in [3.8, 4) is 0 Å². The van der Waals surface area contributed by atoms with E-state index in [4.69, 9.17) is 34.8 Å². The number of allylic oxidation sites excluding steroid dienone is 1. The first kappa shape index (κ1) is 37.0. The molecule has 4 N–H and O–H groups in total. The van der Waals surface area contributed by atoms with Crippen molar-refractivity contribution in [2.45, 2.75) is 20.3 Å². The molecule has 5 aromatic rings. The normalized spacial score (nSPS) is 11.5. The number of halogens is 3. The average molecular weight is 717 g/mol. The number of aliphatic hydroxyl groups excluding tert-OH is 1. The van der Waals surface area contributed by atoms with Crippen LogP contribution in [0.5, 0.6) is 0 Å². The summed E-state index contributed by atoms with van der Waals surface area (Å²) in [5, 5.41) is 22.4. The third-order valence-corrected chi connectivity index (χ3v) is 9.23. The van der Waals surface area contributed by atoms with Gasteiger partial charge in [-0.1, -0.05) is 107 Å². The SMILES string of the molecule is CNc1cccc2ccc(C3=C(O)c4c(Cl)c(C)c(Cl)c(Cl)c4C3=O)cc12.Cc1ccc(C=O)cc1.O=CNCCCNc1ccccc1. The van der Waals surface area contributed by atoms with Gasteiger partial charge in [0.1, 0.15) is 12.0 Å². The smallest absolute Gasteiger partial charge is 0.207 e. The Morgan fingerprint density at radius 1 is 0.776 bits per heavy atom. The van der Waals surface area contributed by atoms with Crippen molar-refractivity contribution in [2.24, 2.45) is 0 Å². The summed E-state index contributed by atoms with van der Waals surface area (Å²) in [4.78, 5) is 33.1. The lowest BCUT2D eigenvalue weighted by atomic mass is 9.98. The van der Waals surface area contributed by atoms with Gasteiger partial charge in [-0.25, -0.2) is 0 Å². The second-order valence-corrected chi connectivity index (χ2v) is 12.2. The summed E-state index contributed by atoms with van der Waals surface area (Å²) in [5.41, 5.74) is 5.63. The fourth-order valence-corrected chi connectivity index (χ4v) is 6.01. The average Bonchev–Trinajstić information content (AvgIpc) is 3.39. The number of aldehydes is 1. The third-order valence-electron chi connectivity index (χ3n) is 7.81. The van der Waals surface area contributed by atoms with Gasteiger partial charge < -0.3 is 21.1 Å². The number of rotatable bonds is 9. The van der Waals surface area contributed by atoms with Gasteiger partial charge in [-0.3, -0.25) is 14.4 Å². The molecule has 0 unspecified atom stereocenters. The summed E-state index contributed by atoms with van der Waals surface area (Å²) in [7, 11) is 1.83. The van der Waals surface area contributed by atoms with Gasteiger partial charge in [-0.05, 0) is 61.0 Å². The van der Waals surface area contributed by atoms with Crippen molar-refractivity contribution in [3.63, 3.8) is 0 Å². The molecule has 7 nitrogen and oxygen atoms in total. The zero-order chi connectivity index (χ0) is 35.5. The number of anilines is 2. The molecule has 0 saturated heterocycles. The molecule has 6 rings (SSSR count). The van der Waals surface area contributed by atoms with Crippen molar-refractivity contribution in [3.05, 3.63) is 139 Å². The standard InChI is InChI=1S/C21H14Cl3NO2.C10H14N2O.C8H8O/c1-9-17(22)15-16(19(24)18(9)23)21(27)14(20(15)26)11-7-6-10-4-3-5-13(25-2)12(10)8-11;13-9-11-7-4-8-12-10-5-2-1-3-6-10;1-7-2-4-8(6-9)5-3-7/h3-8,25-26H,1-2H3;1-3,5-6,9,12H,4,7-8H2,(H,11,13);2-6H,1H3. The molecule has 0 aromatic heterocycles. The predicted molar refractivity (Wildman–Crippen MR) is 204 cm³/mol. The molecule has 5 aromatic carbocycles. The highest BCUT2D eigenvalue weighted by atomic mass is 35.5. The van der Waals surface area contributed by atoms with E-state index in [-0.39, 0.29) is 37.5 Å². The maximum Gasteiger partial charge on any atom is 0.207 e. The van der Waals surface area contributed by atoms with Gasteiger partial charge in [-0.15, -0.1) is 0 Å². The molecule has 0 bridgehead atoms. The highest BCUT2D eigenvalue weighted by molar-refractivity contribution is 6.52. The quantitative estimate of drug-likeness (QED) is 0.0688. The fourth-order valence-electron chi connectivity index (χ4n) is 5.17. The predicted octanol–water partition coefficient (Wildman–Crippen LogP) is 9.81. The van der Waals surface area contributed by atoms with Gasteiger partial charge in [0.05, 0.1) is 26.2 Å². The molecule has 0 saturated carbocycles. The van der Waals surface area contributed by atoms with E-state index >= 15 is 0 Å². The molecule has 1 aliphatic rings. The Bertz CT molecular complexity index is 2000. The lowest BCUT2D eigenvalue weighted by molar-refractivity contribution is -0.109. The monoisotopic (exact) mass is 715 g/mol. The van der Waals surface area contributed by atoms with Crippen LogP contribution in [0, 0.1) is 13.8 Å². The van der Waals surface area contributed by atoms with Gasteiger partial charge in [0.15, 0.2) is 5.78 Å². The van der Waals surface area contributed by atoms with Crippen molar-refractivity contribution in [1.82, 2.24) is 5.32 Å². The molecular weight excluding hydrogens is 681 g/mol. The molecule has 49 heavy (non-hydrogen) atoms. The number of fused-ring (bicyclic) bond motifs is 2. The lowest BCUT2D eigenvalue weighted by Crippen LogP contribution is -2.15. The number of para-hydroxylation sites is 1. The summed E-state index contributed by atoms with van der Waals surface area (Å²) in [6.45, 7) is 5.30. The van der Waals surface area contributed by atoms with E-state index in [0.29, 0.717) is 11.1 Å². The number of benzene rings is 5. The minimum atomic E-state index is -0.391. The summed E-state index contributed by atoms with van der Waals surface area (Å²) in [5.74, 6) is -0.569.